The summed E-state index contributed by atoms with van der Waals surface area (Å²) in [5, 5.41) is 20.2. The molecule has 2 aliphatic heterocycles. The van der Waals surface area contributed by atoms with Gasteiger partial charge < -0.3 is 29.2 Å². The van der Waals surface area contributed by atoms with Crippen molar-refractivity contribution >= 4 is 0 Å². The second-order valence-corrected chi connectivity index (χ2v) is 6.11. The molecule has 6 atom stereocenters. The third-order valence-electron chi connectivity index (χ3n) is 3.67. The van der Waals surface area contributed by atoms with Gasteiger partial charge in [0.1, 0.15) is 36.6 Å². The Morgan fingerprint density at radius 3 is 1.22 bits per heavy atom. The van der Waals surface area contributed by atoms with Crippen molar-refractivity contribution < 1.29 is 29.2 Å². The predicted octanol–water partition coefficient (Wildman–Crippen LogP) is -0.238. The van der Waals surface area contributed by atoms with Crippen LogP contribution in [-0.4, -0.2) is 58.4 Å². The van der Waals surface area contributed by atoms with Crippen LogP contribution in [0.4, 0.5) is 0 Å². The third-order valence-corrected chi connectivity index (χ3v) is 3.67. The lowest BCUT2D eigenvalue weighted by Crippen LogP contribution is -2.61. The number of hydrogen-bond acceptors (Lipinski definition) is 6. The van der Waals surface area contributed by atoms with E-state index in [1.54, 1.807) is 27.7 Å². The fourth-order valence-corrected chi connectivity index (χ4v) is 3.06. The van der Waals surface area contributed by atoms with Crippen LogP contribution in [0.25, 0.3) is 0 Å². The molecule has 3 aliphatic rings. The fraction of sp³-hybridized carbons (Fsp3) is 1.00. The van der Waals surface area contributed by atoms with E-state index in [0.29, 0.717) is 0 Å². The van der Waals surface area contributed by atoms with Crippen molar-refractivity contribution in [1.29, 1.82) is 0 Å². The first-order chi connectivity index (χ1) is 8.20. The van der Waals surface area contributed by atoms with Gasteiger partial charge in [0.25, 0.3) is 0 Å². The van der Waals surface area contributed by atoms with Gasteiger partial charge in [-0.2, -0.15) is 0 Å². The Bertz CT molecular complexity index is 320. The molecule has 0 aromatic carbocycles. The molecule has 3 fully saturated rings. The van der Waals surface area contributed by atoms with Crippen LogP contribution in [0.15, 0.2) is 0 Å². The summed E-state index contributed by atoms with van der Waals surface area (Å²) in [6.07, 6.45) is -4.09. The van der Waals surface area contributed by atoms with Crippen LogP contribution in [0.3, 0.4) is 0 Å². The third kappa shape index (κ3) is 1.79. The van der Waals surface area contributed by atoms with E-state index in [0.717, 1.165) is 0 Å². The van der Waals surface area contributed by atoms with Gasteiger partial charge in [0, 0.05) is 0 Å². The zero-order valence-electron chi connectivity index (χ0n) is 11.0. The largest absolute Gasteiger partial charge is 0.387 e. The lowest BCUT2D eigenvalue weighted by Gasteiger charge is -2.38. The molecule has 0 amide bonds. The van der Waals surface area contributed by atoms with Gasteiger partial charge in [-0.25, -0.2) is 0 Å². The Morgan fingerprint density at radius 1 is 0.611 bits per heavy atom. The first-order valence-corrected chi connectivity index (χ1v) is 6.28. The molecular formula is C12H20O6. The molecule has 4 unspecified atom stereocenters. The Kier molecular flexibility index (Phi) is 2.59. The van der Waals surface area contributed by atoms with Crippen LogP contribution >= 0.6 is 0 Å². The summed E-state index contributed by atoms with van der Waals surface area (Å²) in [7, 11) is 0. The SMILES string of the molecule is CC1(C)OC2C(O)C(O)[C@H]3OC(C)(C)O[C@H]3C2O1. The normalized spacial score (nSPS) is 53.0. The minimum absolute atomic E-state index is 0.426. The average molecular weight is 260 g/mol. The maximum atomic E-state index is 10.1. The smallest absolute Gasteiger partial charge is 0.164 e. The Balaban J connectivity index is 1.91. The Hall–Kier alpha value is -0.240. The molecule has 2 heterocycles. The molecule has 6 heteroatoms. The van der Waals surface area contributed by atoms with E-state index >= 15 is 0 Å². The molecular weight excluding hydrogens is 240 g/mol. The molecule has 2 saturated heterocycles. The van der Waals surface area contributed by atoms with E-state index in [9.17, 15) is 10.2 Å². The molecule has 0 spiro atoms. The quantitative estimate of drug-likeness (QED) is 0.626. The molecule has 3 rings (SSSR count). The van der Waals surface area contributed by atoms with Crippen molar-refractivity contribution in [3.05, 3.63) is 0 Å². The molecule has 0 bridgehead atoms. The van der Waals surface area contributed by atoms with Gasteiger partial charge in [0.2, 0.25) is 0 Å². The molecule has 2 N–H and O–H groups in total. The molecule has 1 saturated carbocycles. The van der Waals surface area contributed by atoms with Crippen molar-refractivity contribution in [2.24, 2.45) is 0 Å². The molecule has 104 valence electrons. The topological polar surface area (TPSA) is 77.4 Å². The lowest BCUT2D eigenvalue weighted by atomic mass is 9.85. The fourth-order valence-electron chi connectivity index (χ4n) is 3.06. The number of rotatable bonds is 0. The number of ether oxygens (including phenoxy) is 4. The maximum Gasteiger partial charge on any atom is 0.164 e. The summed E-state index contributed by atoms with van der Waals surface area (Å²) in [6, 6.07) is 0. The van der Waals surface area contributed by atoms with Crippen LogP contribution in [-0.2, 0) is 18.9 Å². The van der Waals surface area contributed by atoms with Crippen molar-refractivity contribution in [3.63, 3.8) is 0 Å². The van der Waals surface area contributed by atoms with Crippen molar-refractivity contribution in [3.8, 4) is 0 Å². The summed E-state index contributed by atoms with van der Waals surface area (Å²) in [5.74, 6) is -1.58. The average Bonchev–Trinajstić information content (AvgIpc) is 2.71. The zero-order valence-corrected chi connectivity index (χ0v) is 11.0. The van der Waals surface area contributed by atoms with Gasteiger partial charge in [0.05, 0.1) is 0 Å². The van der Waals surface area contributed by atoms with Crippen molar-refractivity contribution in [1.82, 2.24) is 0 Å². The monoisotopic (exact) mass is 260 g/mol. The minimum atomic E-state index is -1.03. The minimum Gasteiger partial charge on any atom is -0.387 e. The maximum absolute atomic E-state index is 10.1. The summed E-state index contributed by atoms with van der Waals surface area (Å²) >= 11 is 0. The van der Waals surface area contributed by atoms with Crippen molar-refractivity contribution in [2.75, 3.05) is 0 Å². The van der Waals surface area contributed by atoms with Gasteiger partial charge >= 0.3 is 0 Å². The van der Waals surface area contributed by atoms with Gasteiger partial charge in [-0.3, -0.25) is 0 Å². The van der Waals surface area contributed by atoms with E-state index in [2.05, 4.69) is 0 Å². The molecule has 0 aromatic heterocycles. The number of hydrogen-bond donors (Lipinski definition) is 2. The summed E-state index contributed by atoms with van der Waals surface area (Å²) in [6.45, 7) is 7.11. The molecule has 6 nitrogen and oxygen atoms in total. The number of aliphatic hydroxyl groups excluding tert-OH is 2. The van der Waals surface area contributed by atoms with Crippen LogP contribution < -0.4 is 0 Å². The van der Waals surface area contributed by atoms with Crippen LogP contribution in [0.5, 0.6) is 0 Å². The molecule has 1 aliphatic carbocycles. The molecule has 0 aromatic rings. The van der Waals surface area contributed by atoms with Crippen LogP contribution in [0, 0.1) is 0 Å². The first kappa shape index (κ1) is 12.8. The van der Waals surface area contributed by atoms with E-state index in [1.165, 1.54) is 0 Å². The summed E-state index contributed by atoms with van der Waals surface area (Å²) < 4.78 is 22.8. The highest BCUT2D eigenvalue weighted by Crippen LogP contribution is 2.44. The summed E-state index contributed by atoms with van der Waals surface area (Å²) in [4.78, 5) is 0. The van der Waals surface area contributed by atoms with E-state index < -0.39 is 48.2 Å². The Morgan fingerprint density at radius 2 is 0.889 bits per heavy atom. The van der Waals surface area contributed by atoms with Gasteiger partial charge in [-0.15, -0.1) is 0 Å². The predicted molar refractivity (Wildman–Crippen MR) is 59.7 cm³/mol. The Labute approximate surface area is 106 Å². The second kappa shape index (κ2) is 3.65. The van der Waals surface area contributed by atoms with Crippen molar-refractivity contribution in [2.45, 2.75) is 75.9 Å². The van der Waals surface area contributed by atoms with Crippen LogP contribution in [0.1, 0.15) is 27.7 Å². The lowest BCUT2D eigenvalue weighted by molar-refractivity contribution is -0.185. The zero-order chi connectivity index (χ0) is 13.3. The van der Waals surface area contributed by atoms with E-state index in [4.69, 9.17) is 18.9 Å². The standard InChI is InChI=1S/C12H20O6/c1-11(2)15-7-5(13)6(14)8-10(9(7)17-11)18-12(3,4)16-8/h5-10,13-14H,1-4H3/t5?,6?,7-,8?,9-,10?/m1/s1. The molecule has 18 heavy (non-hydrogen) atoms. The highest BCUT2D eigenvalue weighted by Gasteiger charge is 2.62. The van der Waals surface area contributed by atoms with Gasteiger partial charge in [-0.1, -0.05) is 0 Å². The first-order valence-electron chi connectivity index (χ1n) is 6.28. The number of fused-ring (bicyclic) bond motifs is 3. The van der Waals surface area contributed by atoms with E-state index in [1.807, 2.05) is 0 Å². The highest BCUT2D eigenvalue weighted by molar-refractivity contribution is 5.07. The van der Waals surface area contributed by atoms with E-state index in [-0.39, 0.29) is 0 Å². The highest BCUT2D eigenvalue weighted by atomic mass is 16.8. The van der Waals surface area contributed by atoms with Gasteiger partial charge in [0.15, 0.2) is 11.6 Å². The summed E-state index contributed by atoms with van der Waals surface area (Å²) in [5.41, 5.74) is 0. The van der Waals surface area contributed by atoms with Gasteiger partial charge in [-0.05, 0) is 27.7 Å². The second-order valence-electron chi connectivity index (χ2n) is 6.11. The van der Waals surface area contributed by atoms with Crippen LogP contribution in [0.2, 0.25) is 0 Å². The number of aliphatic hydroxyl groups is 2. The molecule has 0 radical (unpaired) electrons.